The summed E-state index contributed by atoms with van der Waals surface area (Å²) in [6, 6.07) is 0. The number of carbonyl (C=O) groups is 3. The maximum atomic E-state index is 12.9. The summed E-state index contributed by atoms with van der Waals surface area (Å²) in [5, 5.41) is 0. The highest BCUT2D eigenvalue weighted by atomic mass is 16.6. The summed E-state index contributed by atoms with van der Waals surface area (Å²) in [7, 11) is 0. The molecule has 0 fully saturated rings. The van der Waals surface area contributed by atoms with Crippen LogP contribution in [0.2, 0.25) is 0 Å². The van der Waals surface area contributed by atoms with Crippen molar-refractivity contribution in [1.29, 1.82) is 0 Å². The summed E-state index contributed by atoms with van der Waals surface area (Å²) in [5.74, 6) is -0.920. The number of allylic oxidation sites excluding steroid dienone is 20. The van der Waals surface area contributed by atoms with Crippen LogP contribution in [-0.4, -0.2) is 37.2 Å². The zero-order chi connectivity index (χ0) is 59.9. The molecule has 474 valence electrons. The molecule has 0 saturated carbocycles. The summed E-state index contributed by atoms with van der Waals surface area (Å²) in [6.07, 6.45) is 97.9. The smallest absolute Gasteiger partial charge is 0.306 e. The van der Waals surface area contributed by atoms with E-state index in [2.05, 4.69) is 142 Å². The van der Waals surface area contributed by atoms with Crippen LogP contribution < -0.4 is 0 Å². The maximum absolute atomic E-state index is 12.9. The third-order valence-electron chi connectivity index (χ3n) is 15.0. The quantitative estimate of drug-likeness (QED) is 0.0261. The Morgan fingerprint density at radius 3 is 0.735 bits per heavy atom. The van der Waals surface area contributed by atoms with Crippen LogP contribution in [0.5, 0.6) is 0 Å². The van der Waals surface area contributed by atoms with Gasteiger partial charge in [-0.15, -0.1) is 0 Å². The zero-order valence-electron chi connectivity index (χ0n) is 54.4. The number of carbonyl (C=O) groups excluding carboxylic acids is 3. The average molecular weight is 1150 g/mol. The molecule has 0 aliphatic heterocycles. The van der Waals surface area contributed by atoms with Gasteiger partial charge in [0.25, 0.3) is 0 Å². The number of ether oxygens (including phenoxy) is 3. The number of hydrogen-bond acceptors (Lipinski definition) is 6. The molecule has 0 spiro atoms. The fraction of sp³-hybridized carbons (Fsp3) is 0.701. The molecule has 0 rings (SSSR count). The van der Waals surface area contributed by atoms with Crippen molar-refractivity contribution in [1.82, 2.24) is 0 Å². The van der Waals surface area contributed by atoms with E-state index in [0.29, 0.717) is 19.3 Å². The van der Waals surface area contributed by atoms with Gasteiger partial charge in [-0.25, -0.2) is 0 Å². The standard InChI is InChI=1S/C77H130O6/c1-4-7-10-13-16-19-22-25-28-30-31-32-33-34-35-36-37-38-39-40-41-42-43-44-45-47-49-52-55-58-61-64-67-70-76(79)82-73-74(72-81-75(78)69-66-63-60-57-54-51-48-27-24-21-18-15-12-9-6-3)83-77(80)71-68-65-62-59-56-53-50-46-29-26-23-20-17-14-11-8-5-2/h7,10,16,19,25,28,31-32,34-35,37-38,40-41,43-44,47,49,55,58,74H,4-6,8-9,11-15,17-18,20-24,26-27,29-30,33,36,39,42,45-46,48,50-54,56-57,59-73H2,1-3H3/b10-7-,19-16-,28-25-,32-31-,35-34-,38-37-,41-40-,44-43-,49-47-,58-55-. The third-order valence-corrected chi connectivity index (χ3v) is 15.0. The van der Waals surface area contributed by atoms with E-state index >= 15 is 0 Å². The first-order chi connectivity index (χ1) is 41.0. The molecule has 0 aliphatic carbocycles. The fourth-order valence-corrected chi connectivity index (χ4v) is 9.77. The Morgan fingerprint density at radius 2 is 0.470 bits per heavy atom. The number of esters is 3. The summed E-state index contributed by atoms with van der Waals surface area (Å²) >= 11 is 0. The Morgan fingerprint density at radius 1 is 0.253 bits per heavy atom. The molecule has 0 amide bonds. The molecule has 0 N–H and O–H groups in total. The third kappa shape index (κ3) is 68.5. The number of unbranched alkanes of at least 4 members (excludes halogenated alkanes) is 32. The lowest BCUT2D eigenvalue weighted by Gasteiger charge is -2.18. The minimum Gasteiger partial charge on any atom is -0.462 e. The topological polar surface area (TPSA) is 78.9 Å². The average Bonchev–Trinajstić information content (AvgIpc) is 3.49. The Kier molecular flexibility index (Phi) is 66.7. The van der Waals surface area contributed by atoms with Crippen LogP contribution in [0.25, 0.3) is 0 Å². The predicted molar refractivity (Wildman–Crippen MR) is 362 cm³/mol. The molecule has 0 aromatic rings. The SMILES string of the molecule is CC/C=C\C/C=C\C/C=C\C/C=C\C/C=C\C/C=C\C/C=C\C/C=C\C/C=C\C/C=C\CCCCC(=O)OCC(COC(=O)CCCCCCCCCCCCCCCCC)OC(=O)CCCCCCCCCCCCCCCCCCC. The summed E-state index contributed by atoms with van der Waals surface area (Å²) < 4.78 is 16.9. The van der Waals surface area contributed by atoms with Gasteiger partial charge in [0.15, 0.2) is 6.10 Å². The summed E-state index contributed by atoms with van der Waals surface area (Å²) in [5.41, 5.74) is 0. The first-order valence-electron chi connectivity index (χ1n) is 35.0. The van der Waals surface area contributed by atoms with Crippen LogP contribution >= 0.6 is 0 Å². The summed E-state index contributed by atoms with van der Waals surface area (Å²) in [6.45, 7) is 6.53. The number of rotatable bonds is 63. The zero-order valence-corrected chi connectivity index (χ0v) is 54.4. The Hall–Kier alpha value is -4.19. The molecule has 0 aromatic heterocycles. The van der Waals surface area contributed by atoms with Gasteiger partial charge >= 0.3 is 17.9 Å². The molecular weight excluding hydrogens is 1020 g/mol. The summed E-state index contributed by atoms with van der Waals surface area (Å²) in [4.78, 5) is 38.4. The minimum atomic E-state index is -0.796. The van der Waals surface area contributed by atoms with E-state index in [4.69, 9.17) is 14.2 Å². The van der Waals surface area contributed by atoms with E-state index in [1.807, 2.05) is 0 Å². The normalized spacial score (nSPS) is 12.9. The second-order valence-electron chi connectivity index (χ2n) is 23.1. The van der Waals surface area contributed by atoms with Crippen LogP contribution in [-0.2, 0) is 28.6 Å². The van der Waals surface area contributed by atoms with Crippen molar-refractivity contribution in [3.63, 3.8) is 0 Å². The van der Waals surface area contributed by atoms with Crippen LogP contribution in [0.4, 0.5) is 0 Å². The van der Waals surface area contributed by atoms with Crippen molar-refractivity contribution in [2.75, 3.05) is 13.2 Å². The fourth-order valence-electron chi connectivity index (χ4n) is 9.77. The Labute approximate surface area is 513 Å². The lowest BCUT2D eigenvalue weighted by Crippen LogP contribution is -2.30. The van der Waals surface area contributed by atoms with Gasteiger partial charge in [0.1, 0.15) is 13.2 Å². The van der Waals surface area contributed by atoms with E-state index in [1.54, 1.807) is 0 Å². The number of hydrogen-bond donors (Lipinski definition) is 0. The Balaban J connectivity index is 4.38. The van der Waals surface area contributed by atoms with Crippen molar-refractivity contribution in [3.05, 3.63) is 122 Å². The lowest BCUT2D eigenvalue weighted by atomic mass is 10.0. The highest BCUT2D eigenvalue weighted by Gasteiger charge is 2.19. The monoisotopic (exact) mass is 1150 g/mol. The molecule has 1 atom stereocenters. The molecule has 6 nitrogen and oxygen atoms in total. The molecule has 0 heterocycles. The van der Waals surface area contributed by atoms with Gasteiger partial charge in [-0.1, -0.05) is 335 Å². The van der Waals surface area contributed by atoms with Crippen molar-refractivity contribution in [3.8, 4) is 0 Å². The van der Waals surface area contributed by atoms with Gasteiger partial charge in [0, 0.05) is 19.3 Å². The largest absolute Gasteiger partial charge is 0.462 e. The van der Waals surface area contributed by atoms with Crippen molar-refractivity contribution in [2.45, 2.75) is 335 Å². The van der Waals surface area contributed by atoms with E-state index in [1.165, 1.54) is 167 Å². The molecule has 6 heteroatoms. The van der Waals surface area contributed by atoms with E-state index in [-0.39, 0.29) is 31.1 Å². The van der Waals surface area contributed by atoms with Crippen LogP contribution in [0, 0.1) is 0 Å². The van der Waals surface area contributed by atoms with Gasteiger partial charge in [-0.3, -0.25) is 14.4 Å². The molecule has 0 radical (unpaired) electrons. The van der Waals surface area contributed by atoms with E-state index in [9.17, 15) is 14.4 Å². The minimum absolute atomic E-state index is 0.0885. The molecule has 1 unspecified atom stereocenters. The molecule has 0 aromatic carbocycles. The van der Waals surface area contributed by atoms with Gasteiger partial charge < -0.3 is 14.2 Å². The van der Waals surface area contributed by atoms with Crippen molar-refractivity contribution in [2.24, 2.45) is 0 Å². The molecular formula is C77H130O6. The van der Waals surface area contributed by atoms with Crippen molar-refractivity contribution >= 4 is 17.9 Å². The van der Waals surface area contributed by atoms with Gasteiger partial charge in [-0.05, 0) is 96.3 Å². The van der Waals surface area contributed by atoms with Gasteiger partial charge in [0.2, 0.25) is 0 Å². The van der Waals surface area contributed by atoms with Crippen molar-refractivity contribution < 1.29 is 28.6 Å². The van der Waals surface area contributed by atoms with Crippen LogP contribution in [0.1, 0.15) is 329 Å². The van der Waals surface area contributed by atoms with E-state index < -0.39 is 6.10 Å². The van der Waals surface area contributed by atoms with E-state index in [0.717, 1.165) is 122 Å². The highest BCUT2D eigenvalue weighted by molar-refractivity contribution is 5.71. The van der Waals surface area contributed by atoms with Crippen LogP contribution in [0.3, 0.4) is 0 Å². The highest BCUT2D eigenvalue weighted by Crippen LogP contribution is 2.17. The maximum Gasteiger partial charge on any atom is 0.306 e. The lowest BCUT2D eigenvalue weighted by molar-refractivity contribution is -0.167. The molecule has 83 heavy (non-hydrogen) atoms. The molecule has 0 aliphatic rings. The van der Waals surface area contributed by atoms with Gasteiger partial charge in [0.05, 0.1) is 0 Å². The molecule has 0 bridgehead atoms. The second kappa shape index (κ2) is 70.3. The first kappa shape index (κ1) is 78.8. The second-order valence-corrected chi connectivity index (χ2v) is 23.1. The molecule has 0 saturated heterocycles. The van der Waals surface area contributed by atoms with Gasteiger partial charge in [-0.2, -0.15) is 0 Å². The first-order valence-corrected chi connectivity index (χ1v) is 35.0. The van der Waals surface area contributed by atoms with Crippen LogP contribution in [0.15, 0.2) is 122 Å². The predicted octanol–water partition coefficient (Wildman–Crippen LogP) is 24.3. The Bertz CT molecular complexity index is 1700.